The van der Waals surface area contributed by atoms with Gasteiger partial charge in [0.05, 0.1) is 11.4 Å². The van der Waals surface area contributed by atoms with Crippen molar-refractivity contribution in [2.75, 3.05) is 18.0 Å². The molecule has 3 aromatic rings. The molecule has 0 spiro atoms. The molecule has 3 heterocycles. The highest BCUT2D eigenvalue weighted by molar-refractivity contribution is 5.88. The van der Waals surface area contributed by atoms with Crippen molar-refractivity contribution in [1.82, 2.24) is 19.9 Å². The molecule has 0 aliphatic carbocycles. The molecule has 9 heteroatoms. The average Bonchev–Trinajstić information content (AvgIpc) is 3.13. The SMILES string of the molecule is Cc1nc2nc(N3CCC(C(F)F)C3)nc(-c3ccc(F)cc3F)c2nc1C. The normalized spacial score (nSPS) is 17.1. The maximum absolute atomic E-state index is 14.5. The van der Waals surface area contributed by atoms with Gasteiger partial charge in [0.1, 0.15) is 22.8 Å². The van der Waals surface area contributed by atoms with Gasteiger partial charge in [0.2, 0.25) is 12.4 Å². The first-order valence-electron chi connectivity index (χ1n) is 8.85. The number of nitrogens with zero attached hydrogens (tertiary/aromatic N) is 5. The zero-order valence-electron chi connectivity index (χ0n) is 15.3. The van der Waals surface area contributed by atoms with Gasteiger partial charge in [-0.15, -0.1) is 0 Å². The van der Waals surface area contributed by atoms with Gasteiger partial charge in [0, 0.05) is 30.6 Å². The molecule has 0 amide bonds. The molecule has 1 aromatic carbocycles. The first-order chi connectivity index (χ1) is 13.3. The standard InChI is InChI=1S/C19H17F4N5/c1-9-10(2)25-18-16(24-9)15(13-4-3-12(20)7-14(13)21)26-19(27-18)28-6-5-11(8-28)17(22)23/h3-4,7,11,17H,5-6,8H2,1-2H3. The topological polar surface area (TPSA) is 54.8 Å². The summed E-state index contributed by atoms with van der Waals surface area (Å²) in [5.41, 5.74) is 2.02. The number of fused-ring (bicyclic) bond motifs is 1. The van der Waals surface area contributed by atoms with Crippen LogP contribution in [0.4, 0.5) is 23.5 Å². The molecule has 0 radical (unpaired) electrons. The predicted octanol–water partition coefficient (Wildman–Crippen LogP) is 4.07. The van der Waals surface area contributed by atoms with Crippen LogP contribution in [-0.4, -0.2) is 39.5 Å². The fourth-order valence-corrected chi connectivity index (χ4v) is 3.29. The zero-order valence-corrected chi connectivity index (χ0v) is 15.3. The molecule has 1 aliphatic rings. The fraction of sp³-hybridized carbons (Fsp3) is 0.368. The maximum atomic E-state index is 14.5. The third kappa shape index (κ3) is 3.25. The Balaban J connectivity index is 1.90. The van der Waals surface area contributed by atoms with E-state index in [1.807, 2.05) is 0 Å². The summed E-state index contributed by atoms with van der Waals surface area (Å²) in [4.78, 5) is 19.3. The molecular formula is C19H17F4N5. The molecule has 0 N–H and O–H groups in total. The van der Waals surface area contributed by atoms with E-state index in [-0.39, 0.29) is 34.9 Å². The maximum Gasteiger partial charge on any atom is 0.243 e. The van der Waals surface area contributed by atoms with Gasteiger partial charge in [-0.1, -0.05) is 0 Å². The molecule has 0 saturated carbocycles. The van der Waals surface area contributed by atoms with Crippen LogP contribution in [-0.2, 0) is 0 Å². The van der Waals surface area contributed by atoms with Gasteiger partial charge in [-0.05, 0) is 32.4 Å². The number of alkyl halides is 2. The minimum atomic E-state index is -2.43. The molecule has 1 unspecified atom stereocenters. The van der Waals surface area contributed by atoms with E-state index >= 15 is 0 Å². The first kappa shape index (κ1) is 18.5. The summed E-state index contributed by atoms with van der Waals surface area (Å²) in [6.45, 7) is 4.00. The van der Waals surface area contributed by atoms with Gasteiger partial charge < -0.3 is 4.90 Å². The van der Waals surface area contributed by atoms with E-state index in [9.17, 15) is 17.6 Å². The molecule has 5 nitrogen and oxygen atoms in total. The second kappa shape index (κ2) is 6.96. The number of benzene rings is 1. The molecule has 1 aliphatic heterocycles. The lowest BCUT2D eigenvalue weighted by molar-refractivity contribution is 0.0879. The Morgan fingerprint density at radius 2 is 1.79 bits per heavy atom. The van der Waals surface area contributed by atoms with Crippen molar-refractivity contribution in [1.29, 1.82) is 0 Å². The van der Waals surface area contributed by atoms with Gasteiger partial charge >= 0.3 is 0 Å². The largest absolute Gasteiger partial charge is 0.340 e. The van der Waals surface area contributed by atoms with Crippen molar-refractivity contribution in [3.8, 4) is 11.3 Å². The number of hydrogen-bond acceptors (Lipinski definition) is 5. The van der Waals surface area contributed by atoms with Crippen molar-refractivity contribution in [2.45, 2.75) is 26.7 Å². The monoisotopic (exact) mass is 391 g/mol. The van der Waals surface area contributed by atoms with Gasteiger partial charge in [-0.3, -0.25) is 0 Å². The second-order valence-electron chi connectivity index (χ2n) is 6.89. The lowest BCUT2D eigenvalue weighted by Gasteiger charge is -2.18. The third-order valence-electron chi connectivity index (χ3n) is 4.98. The van der Waals surface area contributed by atoms with Gasteiger partial charge in [0.15, 0.2) is 5.65 Å². The van der Waals surface area contributed by atoms with Crippen LogP contribution in [0.2, 0.25) is 0 Å². The number of rotatable bonds is 3. The van der Waals surface area contributed by atoms with E-state index in [4.69, 9.17) is 0 Å². The van der Waals surface area contributed by atoms with Crippen LogP contribution in [0.25, 0.3) is 22.4 Å². The highest BCUT2D eigenvalue weighted by Gasteiger charge is 2.31. The van der Waals surface area contributed by atoms with Gasteiger partial charge in [-0.25, -0.2) is 32.5 Å². The average molecular weight is 391 g/mol. The van der Waals surface area contributed by atoms with E-state index in [1.54, 1.807) is 18.7 Å². The Labute approximate surface area is 158 Å². The molecule has 4 rings (SSSR count). The van der Waals surface area contributed by atoms with Crippen LogP contribution in [0.1, 0.15) is 17.8 Å². The minimum absolute atomic E-state index is 0.0530. The summed E-state index contributed by atoms with van der Waals surface area (Å²) in [5, 5.41) is 0. The Morgan fingerprint density at radius 3 is 2.46 bits per heavy atom. The van der Waals surface area contributed by atoms with Gasteiger partial charge in [-0.2, -0.15) is 4.98 Å². The lowest BCUT2D eigenvalue weighted by atomic mass is 10.1. The predicted molar refractivity (Wildman–Crippen MR) is 96.3 cm³/mol. The van der Waals surface area contributed by atoms with Crippen LogP contribution in [0.15, 0.2) is 18.2 Å². The summed E-state index contributed by atoms with van der Waals surface area (Å²) in [6.07, 6.45) is -2.11. The van der Waals surface area contributed by atoms with Crippen molar-refractivity contribution in [3.05, 3.63) is 41.2 Å². The highest BCUT2D eigenvalue weighted by Crippen LogP contribution is 2.32. The van der Waals surface area contributed by atoms with E-state index in [0.717, 1.165) is 12.1 Å². The number of hydrogen-bond donors (Lipinski definition) is 0. The summed E-state index contributed by atoms with van der Waals surface area (Å²) in [7, 11) is 0. The Kier molecular flexibility index (Phi) is 4.60. The molecule has 1 fully saturated rings. The Morgan fingerprint density at radius 1 is 1.04 bits per heavy atom. The van der Waals surface area contributed by atoms with E-state index in [2.05, 4.69) is 19.9 Å². The minimum Gasteiger partial charge on any atom is -0.340 e. The highest BCUT2D eigenvalue weighted by atomic mass is 19.3. The molecule has 1 atom stereocenters. The van der Waals surface area contributed by atoms with E-state index < -0.39 is 24.0 Å². The van der Waals surface area contributed by atoms with E-state index in [0.29, 0.717) is 24.4 Å². The van der Waals surface area contributed by atoms with Crippen LogP contribution in [0.3, 0.4) is 0 Å². The second-order valence-corrected chi connectivity index (χ2v) is 6.89. The van der Waals surface area contributed by atoms with Crippen LogP contribution in [0.5, 0.6) is 0 Å². The summed E-state index contributed by atoms with van der Waals surface area (Å²) >= 11 is 0. The smallest absolute Gasteiger partial charge is 0.243 e. The van der Waals surface area contributed by atoms with Crippen LogP contribution in [0, 0.1) is 31.4 Å². The molecular weight excluding hydrogens is 374 g/mol. The number of aromatic nitrogens is 4. The molecule has 2 aromatic heterocycles. The number of anilines is 1. The number of halogens is 4. The Bertz CT molecular complexity index is 1060. The molecule has 0 bridgehead atoms. The van der Waals surface area contributed by atoms with Crippen molar-refractivity contribution in [3.63, 3.8) is 0 Å². The quantitative estimate of drug-likeness (QED) is 0.630. The van der Waals surface area contributed by atoms with Crippen molar-refractivity contribution in [2.24, 2.45) is 5.92 Å². The van der Waals surface area contributed by atoms with Crippen molar-refractivity contribution >= 4 is 17.1 Å². The summed E-state index contributed by atoms with van der Waals surface area (Å²) in [6, 6.07) is 3.17. The number of aryl methyl sites for hydroxylation is 2. The molecule has 146 valence electrons. The Hall–Kier alpha value is -2.84. The van der Waals surface area contributed by atoms with Gasteiger partial charge in [0.25, 0.3) is 0 Å². The first-order valence-corrected chi connectivity index (χ1v) is 8.85. The molecule has 28 heavy (non-hydrogen) atoms. The van der Waals surface area contributed by atoms with Crippen LogP contribution < -0.4 is 4.90 Å². The van der Waals surface area contributed by atoms with E-state index in [1.165, 1.54) is 6.07 Å². The van der Waals surface area contributed by atoms with Crippen molar-refractivity contribution < 1.29 is 17.6 Å². The summed E-state index contributed by atoms with van der Waals surface area (Å²) in [5.74, 6) is -2.09. The van der Waals surface area contributed by atoms with Crippen LogP contribution >= 0.6 is 0 Å². The molecule has 1 saturated heterocycles. The lowest BCUT2D eigenvalue weighted by Crippen LogP contribution is -2.24. The zero-order chi connectivity index (χ0) is 20.0. The fourth-order valence-electron chi connectivity index (χ4n) is 3.29. The summed E-state index contributed by atoms with van der Waals surface area (Å²) < 4.78 is 53.9. The third-order valence-corrected chi connectivity index (χ3v) is 4.98.